The molecule has 0 unspecified atom stereocenters. The molecule has 1 amide bonds. The van der Waals surface area contributed by atoms with Crippen LogP contribution < -0.4 is 5.32 Å². The predicted molar refractivity (Wildman–Crippen MR) is 125 cm³/mol. The summed E-state index contributed by atoms with van der Waals surface area (Å²) in [6, 6.07) is 16.3. The number of nitriles is 1. The van der Waals surface area contributed by atoms with Crippen molar-refractivity contribution in [2.24, 2.45) is 0 Å². The normalized spacial score (nSPS) is 10.6. The van der Waals surface area contributed by atoms with E-state index in [0.717, 1.165) is 23.4 Å². The molecule has 0 fully saturated rings. The Morgan fingerprint density at radius 2 is 2.03 bits per heavy atom. The minimum Gasteiger partial charge on any atom is -0.467 e. The number of carbonyl (C=O) groups is 1. The van der Waals surface area contributed by atoms with Gasteiger partial charge in [0.15, 0.2) is 11.0 Å². The van der Waals surface area contributed by atoms with Crippen LogP contribution in [0.5, 0.6) is 0 Å². The summed E-state index contributed by atoms with van der Waals surface area (Å²) in [6.45, 7) is 0.350. The Bertz CT molecular complexity index is 1380. The minimum atomic E-state index is -0.605. The summed E-state index contributed by atoms with van der Waals surface area (Å²) in [5.41, 5.74) is 0.755. The van der Waals surface area contributed by atoms with Crippen LogP contribution in [0.1, 0.15) is 11.3 Å². The number of benzene rings is 2. The number of amides is 1. The Morgan fingerprint density at radius 3 is 2.71 bits per heavy atom. The molecule has 0 aliphatic rings. The van der Waals surface area contributed by atoms with E-state index < -0.39 is 10.8 Å². The van der Waals surface area contributed by atoms with Crippen LogP contribution >= 0.6 is 23.4 Å². The third-order valence-electron chi connectivity index (χ3n) is 4.65. The van der Waals surface area contributed by atoms with Crippen molar-refractivity contribution < 1.29 is 14.1 Å². The molecule has 1 N–H and O–H groups in total. The molecule has 2 aromatic carbocycles. The number of furan rings is 1. The minimum absolute atomic E-state index is 0.00133. The lowest BCUT2D eigenvalue weighted by atomic mass is 10.1. The van der Waals surface area contributed by atoms with Gasteiger partial charge in [-0.3, -0.25) is 19.5 Å². The van der Waals surface area contributed by atoms with E-state index in [1.165, 1.54) is 12.1 Å². The maximum atomic E-state index is 12.5. The zero-order chi connectivity index (χ0) is 24.1. The van der Waals surface area contributed by atoms with Crippen LogP contribution in [0.2, 0.25) is 5.02 Å². The predicted octanol–water partition coefficient (Wildman–Crippen LogP) is 4.75. The van der Waals surface area contributed by atoms with Crippen molar-refractivity contribution >= 4 is 40.6 Å². The van der Waals surface area contributed by atoms with Crippen LogP contribution in [0.3, 0.4) is 0 Å². The number of carbonyl (C=O) groups excluding carboxylic acids is 1. The molecule has 0 spiro atoms. The zero-order valence-electron chi connectivity index (χ0n) is 17.3. The first-order valence-corrected chi connectivity index (χ1v) is 11.1. The van der Waals surface area contributed by atoms with E-state index in [2.05, 4.69) is 15.5 Å². The smallest absolute Gasteiger partial charge is 0.270 e. The van der Waals surface area contributed by atoms with Crippen LogP contribution in [0, 0.1) is 21.4 Å². The van der Waals surface area contributed by atoms with Crippen LogP contribution in [-0.4, -0.2) is 31.3 Å². The lowest BCUT2D eigenvalue weighted by Crippen LogP contribution is -2.15. The number of nitro benzene ring substituents is 1. The van der Waals surface area contributed by atoms with E-state index in [1.54, 1.807) is 24.5 Å². The molecule has 0 atom stereocenters. The molecule has 0 saturated carbocycles. The third-order valence-corrected chi connectivity index (χ3v) is 5.87. The number of nitro groups is 1. The molecule has 2 aromatic heterocycles. The summed E-state index contributed by atoms with van der Waals surface area (Å²) in [5, 5.41) is 32.4. The van der Waals surface area contributed by atoms with Crippen molar-refractivity contribution in [2.45, 2.75) is 11.7 Å². The summed E-state index contributed by atoms with van der Waals surface area (Å²) in [4.78, 5) is 22.9. The average Bonchev–Trinajstić information content (AvgIpc) is 3.49. The molecule has 4 rings (SSSR count). The Labute approximate surface area is 202 Å². The SMILES string of the molecule is N#Cc1cc([N+](=O)[O-])ccc1NC(=O)CSc1nnc(-c2ccc(Cl)cc2)n1Cc1ccco1. The third kappa shape index (κ3) is 5.25. The Balaban J connectivity index is 1.52. The zero-order valence-corrected chi connectivity index (χ0v) is 18.9. The number of anilines is 1. The summed E-state index contributed by atoms with van der Waals surface area (Å²) in [6.07, 6.45) is 1.57. The van der Waals surface area contributed by atoms with Gasteiger partial charge >= 0.3 is 0 Å². The number of non-ortho nitro benzene ring substituents is 1. The van der Waals surface area contributed by atoms with E-state index in [0.29, 0.717) is 28.3 Å². The standard InChI is InChI=1S/C22H15ClN6O4S/c23-16-5-3-14(4-6-16)21-26-27-22(28(21)12-18-2-1-9-33-18)34-13-20(30)25-19-8-7-17(29(31)32)10-15(19)11-24/h1-10H,12-13H2,(H,25,30). The molecule has 170 valence electrons. The number of hydrogen-bond acceptors (Lipinski definition) is 8. The number of rotatable bonds is 8. The highest BCUT2D eigenvalue weighted by Gasteiger charge is 2.18. The van der Waals surface area contributed by atoms with Crippen molar-refractivity contribution in [3.63, 3.8) is 0 Å². The van der Waals surface area contributed by atoms with Gasteiger partial charge in [0.05, 0.1) is 34.7 Å². The van der Waals surface area contributed by atoms with E-state index in [-0.39, 0.29) is 22.7 Å². The summed E-state index contributed by atoms with van der Waals surface area (Å²) < 4.78 is 7.29. The van der Waals surface area contributed by atoms with Crippen LogP contribution in [0.4, 0.5) is 11.4 Å². The van der Waals surface area contributed by atoms with E-state index in [4.69, 9.17) is 16.0 Å². The van der Waals surface area contributed by atoms with Crippen LogP contribution in [-0.2, 0) is 11.3 Å². The molecule has 0 aliphatic heterocycles. The summed E-state index contributed by atoms with van der Waals surface area (Å²) in [5.74, 6) is 0.832. The van der Waals surface area contributed by atoms with E-state index in [9.17, 15) is 20.2 Å². The largest absolute Gasteiger partial charge is 0.467 e. The molecule has 0 bridgehead atoms. The van der Waals surface area contributed by atoms with Crippen molar-refractivity contribution in [1.29, 1.82) is 5.26 Å². The molecule has 4 aromatic rings. The molecular weight excluding hydrogens is 480 g/mol. The van der Waals surface area contributed by atoms with E-state index >= 15 is 0 Å². The molecule has 0 saturated heterocycles. The number of halogens is 1. The van der Waals surface area contributed by atoms with Crippen LogP contribution in [0.15, 0.2) is 70.4 Å². The summed E-state index contributed by atoms with van der Waals surface area (Å²) in [7, 11) is 0. The van der Waals surface area contributed by atoms with Gasteiger partial charge < -0.3 is 9.73 Å². The molecule has 10 nitrogen and oxygen atoms in total. The van der Waals surface area contributed by atoms with Gasteiger partial charge in [0.25, 0.3) is 5.69 Å². The molecule has 0 radical (unpaired) electrons. The van der Waals surface area contributed by atoms with Crippen molar-refractivity contribution in [3.8, 4) is 17.5 Å². The highest BCUT2D eigenvalue weighted by Crippen LogP contribution is 2.27. The Morgan fingerprint density at radius 1 is 1.24 bits per heavy atom. The average molecular weight is 495 g/mol. The lowest BCUT2D eigenvalue weighted by molar-refractivity contribution is -0.384. The highest BCUT2D eigenvalue weighted by atomic mass is 35.5. The molecule has 0 aliphatic carbocycles. The second-order valence-electron chi connectivity index (χ2n) is 6.91. The van der Waals surface area contributed by atoms with Gasteiger partial charge in [0, 0.05) is 22.7 Å². The second-order valence-corrected chi connectivity index (χ2v) is 8.29. The monoisotopic (exact) mass is 494 g/mol. The van der Waals surface area contributed by atoms with Gasteiger partial charge in [-0.15, -0.1) is 10.2 Å². The molecule has 12 heteroatoms. The topological polar surface area (TPSA) is 140 Å². The fourth-order valence-electron chi connectivity index (χ4n) is 3.07. The van der Waals surface area contributed by atoms with Gasteiger partial charge in [0.1, 0.15) is 11.8 Å². The molecular formula is C22H15ClN6O4S. The molecule has 34 heavy (non-hydrogen) atoms. The number of thioether (sulfide) groups is 1. The Hall–Kier alpha value is -4.14. The maximum Gasteiger partial charge on any atom is 0.270 e. The van der Waals surface area contributed by atoms with E-state index in [1.807, 2.05) is 28.8 Å². The first kappa shape index (κ1) is 23.0. The van der Waals surface area contributed by atoms with Gasteiger partial charge in [-0.05, 0) is 42.5 Å². The first-order chi connectivity index (χ1) is 16.4. The maximum absolute atomic E-state index is 12.5. The van der Waals surface area contributed by atoms with Crippen molar-refractivity contribution in [1.82, 2.24) is 14.8 Å². The number of nitrogens with one attached hydrogen (secondary N) is 1. The van der Waals surface area contributed by atoms with Gasteiger partial charge in [-0.2, -0.15) is 5.26 Å². The van der Waals surface area contributed by atoms with Gasteiger partial charge in [-0.1, -0.05) is 23.4 Å². The quantitative estimate of drug-likeness (QED) is 0.210. The number of nitrogens with zero attached hydrogens (tertiary/aromatic N) is 5. The van der Waals surface area contributed by atoms with Gasteiger partial charge in [-0.25, -0.2) is 0 Å². The van der Waals surface area contributed by atoms with Crippen LogP contribution in [0.25, 0.3) is 11.4 Å². The molecule has 2 heterocycles. The highest BCUT2D eigenvalue weighted by molar-refractivity contribution is 7.99. The van der Waals surface area contributed by atoms with Gasteiger partial charge in [0.2, 0.25) is 5.91 Å². The number of aromatic nitrogens is 3. The summed E-state index contributed by atoms with van der Waals surface area (Å²) >= 11 is 7.15. The van der Waals surface area contributed by atoms with Crippen molar-refractivity contribution in [3.05, 3.63) is 87.3 Å². The lowest BCUT2D eigenvalue weighted by Gasteiger charge is -2.10. The van der Waals surface area contributed by atoms with Crippen molar-refractivity contribution in [2.75, 3.05) is 11.1 Å². The Kier molecular flexibility index (Phi) is 6.91. The fourth-order valence-corrected chi connectivity index (χ4v) is 3.94. The fraction of sp³-hybridized carbons (Fsp3) is 0.0909. The number of hydrogen-bond donors (Lipinski definition) is 1. The first-order valence-electron chi connectivity index (χ1n) is 9.77. The second kappa shape index (κ2) is 10.2.